The van der Waals surface area contributed by atoms with Gasteiger partial charge >= 0.3 is 0 Å². The van der Waals surface area contributed by atoms with Crippen molar-refractivity contribution >= 4 is 23.1 Å². The number of nitro benzene ring substituents is 1. The average Bonchev–Trinajstić information content (AvgIpc) is 2.42. The van der Waals surface area contributed by atoms with Crippen LogP contribution in [0.2, 0.25) is 0 Å². The molecule has 1 aliphatic rings. The summed E-state index contributed by atoms with van der Waals surface area (Å²) >= 11 is 1.89. The second kappa shape index (κ2) is 6.65. The van der Waals surface area contributed by atoms with Crippen molar-refractivity contribution in [1.29, 1.82) is 0 Å². The Balaban J connectivity index is 2.15. The van der Waals surface area contributed by atoms with Crippen LogP contribution in [0.4, 0.5) is 11.4 Å². The van der Waals surface area contributed by atoms with E-state index in [0.717, 1.165) is 18.6 Å². The Hall–Kier alpha value is -1.43. The lowest BCUT2D eigenvalue weighted by Crippen LogP contribution is -2.26. The zero-order valence-corrected chi connectivity index (χ0v) is 11.7. The van der Waals surface area contributed by atoms with Crippen LogP contribution in [0.3, 0.4) is 0 Å². The first kappa shape index (κ1) is 14.0. The van der Waals surface area contributed by atoms with Crippen molar-refractivity contribution in [3.8, 4) is 5.75 Å². The molecule has 0 aromatic heterocycles. The molecule has 1 heterocycles. The van der Waals surface area contributed by atoms with Gasteiger partial charge in [-0.15, -0.1) is 0 Å². The minimum absolute atomic E-state index is 0.0847. The van der Waals surface area contributed by atoms with Gasteiger partial charge in [-0.3, -0.25) is 10.1 Å². The van der Waals surface area contributed by atoms with E-state index in [0.29, 0.717) is 24.1 Å². The maximum atomic E-state index is 11.1. The molecule has 1 aromatic rings. The van der Waals surface area contributed by atoms with E-state index in [1.165, 1.54) is 11.8 Å². The molecule has 1 saturated heterocycles. The van der Waals surface area contributed by atoms with E-state index in [9.17, 15) is 10.1 Å². The van der Waals surface area contributed by atoms with E-state index < -0.39 is 0 Å². The van der Waals surface area contributed by atoms with Gasteiger partial charge in [-0.1, -0.05) is 0 Å². The first-order chi connectivity index (χ1) is 9.20. The minimum atomic E-state index is -0.360. The summed E-state index contributed by atoms with van der Waals surface area (Å²) in [4.78, 5) is 10.8. The molecule has 1 fully saturated rings. The topological polar surface area (TPSA) is 64.4 Å². The molecule has 0 bridgehead atoms. The van der Waals surface area contributed by atoms with E-state index in [1.807, 2.05) is 18.7 Å². The van der Waals surface area contributed by atoms with Crippen LogP contribution in [-0.4, -0.2) is 29.1 Å². The van der Waals surface area contributed by atoms with Crippen molar-refractivity contribution < 1.29 is 9.66 Å². The summed E-state index contributed by atoms with van der Waals surface area (Å²) in [6, 6.07) is 5.31. The number of nitro groups is 1. The highest BCUT2D eigenvalue weighted by molar-refractivity contribution is 7.99. The normalized spacial score (nSPS) is 18.9. The minimum Gasteiger partial charge on any atom is -0.494 e. The van der Waals surface area contributed by atoms with E-state index >= 15 is 0 Å². The lowest BCUT2D eigenvalue weighted by molar-refractivity contribution is -0.384. The van der Waals surface area contributed by atoms with Gasteiger partial charge in [0.1, 0.15) is 11.4 Å². The molecule has 1 aliphatic heterocycles. The molecule has 1 atom stereocenters. The lowest BCUT2D eigenvalue weighted by atomic mass is 10.1. The van der Waals surface area contributed by atoms with Gasteiger partial charge < -0.3 is 10.1 Å². The zero-order chi connectivity index (χ0) is 13.7. The maximum absolute atomic E-state index is 11.1. The van der Waals surface area contributed by atoms with Crippen molar-refractivity contribution in [2.24, 2.45) is 0 Å². The predicted octanol–water partition coefficient (Wildman–Crippen LogP) is 3.30. The SMILES string of the molecule is CCOc1ccc(NC2CCCSC2)c([N+](=O)[O-])c1. The molecule has 6 heteroatoms. The number of nitrogens with zero attached hydrogens (tertiary/aromatic N) is 1. The molecule has 0 amide bonds. The summed E-state index contributed by atoms with van der Waals surface area (Å²) in [6.07, 6.45) is 2.23. The van der Waals surface area contributed by atoms with Crippen molar-refractivity contribution in [3.63, 3.8) is 0 Å². The number of thioether (sulfide) groups is 1. The Morgan fingerprint density at radius 1 is 1.58 bits per heavy atom. The highest BCUT2D eigenvalue weighted by Crippen LogP contribution is 2.31. The fourth-order valence-electron chi connectivity index (χ4n) is 2.12. The summed E-state index contributed by atoms with van der Waals surface area (Å²) in [5.41, 5.74) is 0.669. The number of anilines is 1. The third kappa shape index (κ3) is 3.76. The number of benzene rings is 1. The maximum Gasteiger partial charge on any atom is 0.296 e. The van der Waals surface area contributed by atoms with E-state index in [2.05, 4.69) is 5.32 Å². The Kier molecular flexibility index (Phi) is 4.90. The van der Waals surface area contributed by atoms with E-state index in [4.69, 9.17) is 4.74 Å². The molecule has 104 valence electrons. The molecule has 0 radical (unpaired) electrons. The average molecular weight is 282 g/mol. The molecule has 0 aliphatic carbocycles. The van der Waals surface area contributed by atoms with Crippen LogP contribution in [0.15, 0.2) is 18.2 Å². The standard InChI is InChI=1S/C13H18N2O3S/c1-2-18-11-5-6-12(13(8-11)15(16)17)14-10-4-3-7-19-9-10/h5-6,8,10,14H,2-4,7,9H2,1H3. The predicted molar refractivity (Wildman–Crippen MR) is 78.2 cm³/mol. The van der Waals surface area contributed by atoms with Crippen LogP contribution < -0.4 is 10.1 Å². The van der Waals surface area contributed by atoms with E-state index in [-0.39, 0.29) is 10.6 Å². The summed E-state index contributed by atoms with van der Waals surface area (Å²) in [5, 5.41) is 14.4. The van der Waals surface area contributed by atoms with Crippen molar-refractivity contribution in [1.82, 2.24) is 0 Å². The Morgan fingerprint density at radius 2 is 2.42 bits per heavy atom. The molecule has 19 heavy (non-hydrogen) atoms. The second-order valence-corrected chi connectivity index (χ2v) is 5.58. The van der Waals surface area contributed by atoms with Crippen LogP contribution in [0.5, 0.6) is 5.75 Å². The third-order valence-corrected chi connectivity index (χ3v) is 4.21. The fourth-order valence-corrected chi connectivity index (χ4v) is 3.19. The lowest BCUT2D eigenvalue weighted by Gasteiger charge is -2.23. The van der Waals surface area contributed by atoms with Crippen LogP contribution in [0.1, 0.15) is 19.8 Å². The quantitative estimate of drug-likeness (QED) is 0.663. The number of rotatable bonds is 5. The largest absolute Gasteiger partial charge is 0.494 e. The summed E-state index contributed by atoms with van der Waals surface area (Å²) in [7, 11) is 0. The Morgan fingerprint density at radius 3 is 3.05 bits per heavy atom. The summed E-state index contributed by atoms with van der Waals surface area (Å²) < 4.78 is 5.31. The third-order valence-electron chi connectivity index (χ3n) is 3.00. The fraction of sp³-hybridized carbons (Fsp3) is 0.538. The molecular formula is C13H18N2O3S. The van der Waals surface area contributed by atoms with Gasteiger partial charge in [-0.2, -0.15) is 11.8 Å². The first-order valence-corrected chi connectivity index (χ1v) is 7.61. The van der Waals surface area contributed by atoms with Gasteiger partial charge in [-0.05, 0) is 37.7 Å². The smallest absolute Gasteiger partial charge is 0.296 e. The van der Waals surface area contributed by atoms with Crippen LogP contribution in [0, 0.1) is 10.1 Å². The van der Waals surface area contributed by atoms with Gasteiger partial charge in [0.25, 0.3) is 5.69 Å². The zero-order valence-electron chi connectivity index (χ0n) is 10.9. The Bertz CT molecular complexity index is 448. The van der Waals surface area contributed by atoms with Crippen LogP contribution in [-0.2, 0) is 0 Å². The van der Waals surface area contributed by atoms with Gasteiger partial charge in [-0.25, -0.2) is 0 Å². The number of nitrogens with one attached hydrogen (secondary N) is 1. The summed E-state index contributed by atoms with van der Waals surface area (Å²) in [5.74, 6) is 2.73. The molecule has 5 nitrogen and oxygen atoms in total. The molecule has 1 aromatic carbocycles. The van der Waals surface area contributed by atoms with Gasteiger partial charge in [0.05, 0.1) is 17.6 Å². The van der Waals surface area contributed by atoms with Crippen molar-refractivity contribution in [2.45, 2.75) is 25.8 Å². The van der Waals surface area contributed by atoms with Gasteiger partial charge in [0, 0.05) is 11.8 Å². The molecule has 1 unspecified atom stereocenters. The molecule has 0 spiro atoms. The van der Waals surface area contributed by atoms with E-state index in [1.54, 1.807) is 12.1 Å². The molecule has 1 N–H and O–H groups in total. The molecule has 2 rings (SSSR count). The van der Waals surface area contributed by atoms with Crippen molar-refractivity contribution in [3.05, 3.63) is 28.3 Å². The molecule has 0 saturated carbocycles. The first-order valence-electron chi connectivity index (χ1n) is 6.46. The monoisotopic (exact) mass is 282 g/mol. The number of ether oxygens (including phenoxy) is 1. The second-order valence-electron chi connectivity index (χ2n) is 4.43. The summed E-state index contributed by atoms with van der Waals surface area (Å²) in [6.45, 7) is 2.36. The molecular weight excluding hydrogens is 264 g/mol. The van der Waals surface area contributed by atoms with Gasteiger partial charge in [0.15, 0.2) is 0 Å². The highest BCUT2D eigenvalue weighted by atomic mass is 32.2. The van der Waals surface area contributed by atoms with Crippen molar-refractivity contribution in [2.75, 3.05) is 23.4 Å². The number of hydrogen-bond donors (Lipinski definition) is 1. The Labute approximate surface area is 116 Å². The van der Waals surface area contributed by atoms with Gasteiger partial charge in [0.2, 0.25) is 0 Å². The van der Waals surface area contributed by atoms with Crippen LogP contribution in [0.25, 0.3) is 0 Å². The number of hydrogen-bond acceptors (Lipinski definition) is 5. The van der Waals surface area contributed by atoms with Crippen LogP contribution >= 0.6 is 11.8 Å². The highest BCUT2D eigenvalue weighted by Gasteiger charge is 2.20.